The molecule has 0 unspecified atom stereocenters. The molecule has 1 fully saturated rings. The lowest BCUT2D eigenvalue weighted by atomic mass is 10.1. The van der Waals surface area contributed by atoms with Gasteiger partial charge in [-0.2, -0.15) is 5.10 Å². The number of aromatic nitrogens is 4. The number of piperazine rings is 1. The van der Waals surface area contributed by atoms with E-state index in [4.69, 9.17) is 10.7 Å². The summed E-state index contributed by atoms with van der Waals surface area (Å²) in [6, 6.07) is 16.1. The monoisotopic (exact) mass is 373 g/mol. The normalized spacial score (nSPS) is 15.4. The Morgan fingerprint density at radius 1 is 0.964 bits per heavy atom. The van der Waals surface area contributed by atoms with Crippen molar-refractivity contribution in [1.82, 2.24) is 25.1 Å². The van der Waals surface area contributed by atoms with Crippen LogP contribution in [0, 0.1) is 0 Å². The molecule has 1 aliphatic heterocycles. The summed E-state index contributed by atoms with van der Waals surface area (Å²) in [5, 5.41) is 7.51. The fraction of sp³-hybridized carbons (Fsp3) is 0.238. The minimum atomic E-state index is 0.743. The largest absolute Gasteiger partial charge is 0.399 e. The van der Waals surface area contributed by atoms with Gasteiger partial charge in [-0.05, 0) is 43.4 Å². The third-order valence-electron chi connectivity index (χ3n) is 5.37. The van der Waals surface area contributed by atoms with Crippen LogP contribution in [0.25, 0.3) is 33.8 Å². The summed E-state index contributed by atoms with van der Waals surface area (Å²) >= 11 is 0. The molecule has 2 aromatic carbocycles. The number of nitrogen functional groups attached to an aromatic ring is 1. The summed E-state index contributed by atoms with van der Waals surface area (Å²) in [5.74, 6) is 0.791. The minimum Gasteiger partial charge on any atom is -0.399 e. The fourth-order valence-corrected chi connectivity index (χ4v) is 3.63. The van der Waals surface area contributed by atoms with Gasteiger partial charge in [0.2, 0.25) is 0 Å². The smallest absolute Gasteiger partial charge is 0.156 e. The van der Waals surface area contributed by atoms with Gasteiger partial charge in [-0.3, -0.25) is 5.10 Å². The summed E-state index contributed by atoms with van der Waals surface area (Å²) in [6.45, 7) is 4.28. The van der Waals surface area contributed by atoms with Gasteiger partial charge in [0.05, 0.1) is 16.7 Å². The summed E-state index contributed by atoms with van der Waals surface area (Å²) in [4.78, 5) is 13.0. The molecule has 0 amide bonds. The maximum absolute atomic E-state index is 5.77. The first-order chi connectivity index (χ1) is 13.7. The molecule has 0 atom stereocenters. The molecule has 0 radical (unpaired) electrons. The van der Waals surface area contributed by atoms with Crippen molar-refractivity contribution >= 4 is 22.4 Å². The van der Waals surface area contributed by atoms with Crippen LogP contribution in [0.1, 0.15) is 0 Å². The number of nitrogens with two attached hydrogens (primary N) is 1. The molecule has 0 spiro atoms. The van der Waals surface area contributed by atoms with E-state index in [1.54, 1.807) is 0 Å². The maximum atomic E-state index is 5.77. The van der Waals surface area contributed by atoms with Gasteiger partial charge in [0.15, 0.2) is 5.82 Å². The third kappa shape index (κ3) is 3.10. The van der Waals surface area contributed by atoms with Crippen molar-refractivity contribution < 1.29 is 0 Å². The summed E-state index contributed by atoms with van der Waals surface area (Å²) in [6.07, 6.45) is 0. The van der Waals surface area contributed by atoms with Crippen molar-refractivity contribution in [3.05, 3.63) is 48.5 Å². The Morgan fingerprint density at radius 3 is 2.54 bits per heavy atom. The van der Waals surface area contributed by atoms with Gasteiger partial charge in [-0.15, -0.1) is 0 Å². The van der Waals surface area contributed by atoms with Gasteiger partial charge in [0.1, 0.15) is 5.69 Å². The number of rotatable bonds is 3. The van der Waals surface area contributed by atoms with Gasteiger partial charge in [0.25, 0.3) is 0 Å². The van der Waals surface area contributed by atoms with Crippen molar-refractivity contribution in [2.24, 2.45) is 0 Å². The molecule has 142 valence electrons. The number of hydrogen-bond acceptors (Lipinski definition) is 5. The van der Waals surface area contributed by atoms with Crippen LogP contribution in [0.15, 0.2) is 48.5 Å². The zero-order valence-corrected chi connectivity index (χ0v) is 15.8. The highest BCUT2D eigenvalue weighted by molar-refractivity contribution is 5.83. The lowest BCUT2D eigenvalue weighted by molar-refractivity contribution is 0.313. The Bertz CT molecular complexity index is 1100. The first-order valence-electron chi connectivity index (χ1n) is 9.51. The second-order valence-corrected chi connectivity index (χ2v) is 7.37. The standard InChI is InChI=1S/C21H23N7/c1-27-8-10-28(11-9-27)16-6-7-17-19(12-16)24-21(23-17)20-13-18(25-26-20)14-2-4-15(22)5-3-14/h2-7,12-13H,8-11,22H2,1H3,(H,23,24)(H,25,26). The Kier molecular flexibility index (Phi) is 4.02. The highest BCUT2D eigenvalue weighted by Crippen LogP contribution is 2.27. The average molecular weight is 373 g/mol. The number of likely N-dealkylation sites (N-methyl/N-ethyl adjacent to an activating group) is 1. The van der Waals surface area contributed by atoms with Crippen molar-refractivity contribution in [2.45, 2.75) is 0 Å². The molecular weight excluding hydrogens is 350 g/mol. The number of imidazole rings is 1. The van der Waals surface area contributed by atoms with Crippen LogP contribution in [0.2, 0.25) is 0 Å². The number of nitrogens with zero attached hydrogens (tertiary/aromatic N) is 4. The molecule has 7 heteroatoms. The predicted octanol–water partition coefficient (Wildman–Crippen LogP) is 2.95. The van der Waals surface area contributed by atoms with Gasteiger partial charge >= 0.3 is 0 Å². The molecule has 2 aromatic heterocycles. The van der Waals surface area contributed by atoms with E-state index >= 15 is 0 Å². The molecule has 1 saturated heterocycles. The van der Waals surface area contributed by atoms with Crippen LogP contribution >= 0.6 is 0 Å². The number of H-pyrrole nitrogens is 2. The minimum absolute atomic E-state index is 0.743. The molecule has 4 aromatic rings. The van der Waals surface area contributed by atoms with E-state index in [0.717, 1.165) is 65.7 Å². The van der Waals surface area contributed by atoms with Crippen LogP contribution in [0.3, 0.4) is 0 Å². The van der Waals surface area contributed by atoms with E-state index in [0.29, 0.717) is 0 Å². The van der Waals surface area contributed by atoms with Crippen LogP contribution in [-0.2, 0) is 0 Å². The molecule has 5 rings (SSSR count). The Labute approximate surface area is 163 Å². The number of hydrogen-bond donors (Lipinski definition) is 3. The first kappa shape index (κ1) is 16.8. The third-order valence-corrected chi connectivity index (χ3v) is 5.37. The molecule has 1 aliphatic rings. The molecule has 0 bridgehead atoms. The number of benzene rings is 2. The van der Waals surface area contributed by atoms with E-state index < -0.39 is 0 Å². The highest BCUT2D eigenvalue weighted by atomic mass is 15.2. The number of nitrogens with one attached hydrogen (secondary N) is 2. The van der Waals surface area contributed by atoms with Crippen LogP contribution < -0.4 is 10.6 Å². The second kappa shape index (κ2) is 6.69. The zero-order valence-electron chi connectivity index (χ0n) is 15.8. The number of aromatic amines is 2. The van der Waals surface area contributed by atoms with E-state index in [1.165, 1.54) is 5.69 Å². The van der Waals surface area contributed by atoms with Crippen molar-refractivity contribution in [3.63, 3.8) is 0 Å². The number of fused-ring (bicyclic) bond motifs is 1. The molecule has 3 heterocycles. The average Bonchev–Trinajstić information content (AvgIpc) is 3.35. The van der Waals surface area contributed by atoms with Crippen molar-refractivity contribution in [1.29, 1.82) is 0 Å². The molecule has 7 nitrogen and oxygen atoms in total. The fourth-order valence-electron chi connectivity index (χ4n) is 3.63. The SMILES string of the molecule is CN1CCN(c2ccc3nc(-c4cc(-c5ccc(N)cc5)n[nH]4)[nH]c3c2)CC1. The van der Waals surface area contributed by atoms with Crippen molar-refractivity contribution in [2.75, 3.05) is 43.9 Å². The Hall–Kier alpha value is -3.32. The number of anilines is 2. The topological polar surface area (TPSA) is 89.9 Å². The van der Waals surface area contributed by atoms with Gasteiger partial charge in [-0.1, -0.05) is 12.1 Å². The first-order valence-corrected chi connectivity index (χ1v) is 9.51. The van der Waals surface area contributed by atoms with Crippen molar-refractivity contribution in [3.8, 4) is 22.8 Å². The molecule has 4 N–H and O–H groups in total. The molecule has 28 heavy (non-hydrogen) atoms. The van der Waals surface area contributed by atoms with Crippen LogP contribution in [-0.4, -0.2) is 58.3 Å². The Morgan fingerprint density at radius 2 is 1.75 bits per heavy atom. The predicted molar refractivity (Wildman–Crippen MR) is 113 cm³/mol. The highest BCUT2D eigenvalue weighted by Gasteiger charge is 2.16. The molecule has 0 saturated carbocycles. The van der Waals surface area contributed by atoms with Crippen LogP contribution in [0.4, 0.5) is 11.4 Å². The summed E-state index contributed by atoms with van der Waals surface area (Å²) in [5.41, 5.74) is 12.5. The van der Waals surface area contributed by atoms with E-state index in [2.05, 4.69) is 50.2 Å². The summed E-state index contributed by atoms with van der Waals surface area (Å²) in [7, 11) is 2.17. The van der Waals surface area contributed by atoms with Gasteiger partial charge < -0.3 is 20.5 Å². The molecular formula is C21H23N7. The van der Waals surface area contributed by atoms with E-state index in [-0.39, 0.29) is 0 Å². The maximum Gasteiger partial charge on any atom is 0.156 e. The second-order valence-electron chi connectivity index (χ2n) is 7.37. The van der Waals surface area contributed by atoms with Crippen LogP contribution in [0.5, 0.6) is 0 Å². The quantitative estimate of drug-likeness (QED) is 0.481. The molecule has 0 aliphatic carbocycles. The zero-order chi connectivity index (χ0) is 19.1. The van der Waals surface area contributed by atoms with Gasteiger partial charge in [0, 0.05) is 43.1 Å². The lowest BCUT2D eigenvalue weighted by Crippen LogP contribution is -2.44. The van der Waals surface area contributed by atoms with E-state index in [1.807, 2.05) is 30.3 Å². The Balaban J connectivity index is 1.43. The summed E-state index contributed by atoms with van der Waals surface area (Å²) < 4.78 is 0. The lowest BCUT2D eigenvalue weighted by Gasteiger charge is -2.34. The van der Waals surface area contributed by atoms with Gasteiger partial charge in [-0.25, -0.2) is 4.98 Å². The van der Waals surface area contributed by atoms with E-state index in [9.17, 15) is 0 Å².